The minimum Gasteiger partial charge on any atom is -0.462 e. The lowest BCUT2D eigenvalue weighted by Crippen LogP contribution is -2.54. The van der Waals surface area contributed by atoms with Gasteiger partial charge in [-0.2, -0.15) is 10.2 Å². The molecule has 396 valence electrons. The first kappa shape index (κ1) is 57.7. The maximum Gasteiger partial charge on any atom is 0.459 e. The van der Waals surface area contributed by atoms with Gasteiger partial charge in [0, 0.05) is 12.4 Å². The second-order valence-electron chi connectivity index (χ2n) is 17.9. The quantitative estimate of drug-likeness (QED) is 0.0720. The molecule has 12 atom stereocenters. The molecule has 26 heteroatoms. The number of carbonyl (C=O) groups excluding carboxylic acids is 6. The molecule has 6 rings (SSSR count). The predicted molar refractivity (Wildman–Crippen MR) is 250 cm³/mol. The Morgan fingerprint density at radius 1 is 0.681 bits per heavy atom. The number of carbonyl (C=O) groups is 6. The molecule has 0 bridgehead atoms. The number of benzene rings is 2. The zero-order valence-corrected chi connectivity index (χ0v) is 42.5. The lowest BCUT2D eigenvalue weighted by molar-refractivity contribution is -0.158. The maximum atomic E-state index is 15.5. The van der Waals surface area contributed by atoms with Gasteiger partial charge in [-0.3, -0.25) is 47.6 Å². The zero-order valence-electron chi connectivity index (χ0n) is 40.7. The van der Waals surface area contributed by atoms with E-state index in [9.17, 15) is 53.2 Å². The highest BCUT2D eigenvalue weighted by molar-refractivity contribution is 7.52. The Labute approximate surface area is 415 Å². The molecule has 0 radical (unpaired) electrons. The van der Waals surface area contributed by atoms with Crippen molar-refractivity contribution in [2.75, 3.05) is 13.2 Å². The summed E-state index contributed by atoms with van der Waals surface area (Å²) in [6, 6.07) is 13.9. The number of esters is 2. The summed E-state index contributed by atoms with van der Waals surface area (Å²) in [5, 5.41) is 37.2. The number of para-hydroxylation sites is 2. The van der Waals surface area contributed by atoms with Crippen LogP contribution in [0, 0.1) is 0 Å². The minimum atomic E-state index is -4.29. The molecule has 0 saturated carbocycles. The van der Waals surface area contributed by atoms with Gasteiger partial charge in [0.15, 0.2) is 29.7 Å². The first-order valence-electron chi connectivity index (χ1n) is 22.7. The van der Waals surface area contributed by atoms with Gasteiger partial charge in [0.2, 0.25) is 11.8 Å². The van der Waals surface area contributed by atoms with Gasteiger partial charge in [-0.05, 0) is 91.8 Å². The molecule has 2 saturated heterocycles. The Morgan fingerprint density at radius 2 is 1.06 bits per heavy atom. The van der Waals surface area contributed by atoms with Gasteiger partial charge in [0.05, 0.1) is 38.3 Å². The van der Waals surface area contributed by atoms with E-state index in [2.05, 4.69) is 10.2 Å². The number of ketones is 2. The zero-order chi connectivity index (χ0) is 53.3. The summed E-state index contributed by atoms with van der Waals surface area (Å²) in [4.78, 5) is 73.9. The number of hydrogen-bond donors (Lipinski definition) is 5. The summed E-state index contributed by atoms with van der Waals surface area (Å²) in [5.41, 5.74) is -4.39. The number of rotatable bonds is 20. The van der Waals surface area contributed by atoms with E-state index in [1.165, 1.54) is 57.3 Å². The van der Waals surface area contributed by atoms with E-state index in [0.29, 0.717) is 0 Å². The molecule has 2 aromatic carbocycles. The molecular weight excluding hydrogens is 993 g/mol. The number of aliphatic hydroxyl groups is 3. The van der Waals surface area contributed by atoms with Crippen molar-refractivity contribution in [3.63, 3.8) is 0 Å². The minimum absolute atomic E-state index is 0.160. The number of hydrogen-bond acceptors (Lipinski definition) is 19. The molecular formula is C46H61FN4O19P2. The second kappa shape index (κ2) is 24.2. The molecule has 0 unspecified atom stereocenters. The molecule has 0 aliphatic carbocycles. The summed E-state index contributed by atoms with van der Waals surface area (Å²) in [7, 11) is -8.54. The van der Waals surface area contributed by atoms with Gasteiger partial charge in [0.1, 0.15) is 53.6 Å². The van der Waals surface area contributed by atoms with Gasteiger partial charge >= 0.3 is 27.4 Å². The largest absolute Gasteiger partial charge is 0.462 e. The second-order valence-corrected chi connectivity index (χ2v) is 21.3. The molecule has 2 aromatic rings. The Balaban J connectivity index is 0.000000267. The van der Waals surface area contributed by atoms with Gasteiger partial charge in [-0.1, -0.05) is 36.4 Å². The molecule has 5 N–H and O–H groups in total. The average Bonchev–Trinajstić information content (AvgIpc) is 3.66. The molecule has 2 amide bonds. The lowest BCUT2D eigenvalue weighted by Gasteiger charge is -2.34. The first-order valence-corrected chi connectivity index (χ1v) is 25.8. The molecule has 4 aliphatic rings. The van der Waals surface area contributed by atoms with E-state index in [4.69, 9.17) is 37.0 Å². The molecule has 0 aromatic heterocycles. The summed E-state index contributed by atoms with van der Waals surface area (Å²) >= 11 is 0. The van der Waals surface area contributed by atoms with Crippen molar-refractivity contribution in [2.45, 2.75) is 141 Å². The van der Waals surface area contributed by atoms with Crippen molar-refractivity contribution in [2.24, 2.45) is 0 Å². The van der Waals surface area contributed by atoms with E-state index in [-0.39, 0.29) is 11.5 Å². The molecule has 23 nitrogen and oxygen atoms in total. The summed E-state index contributed by atoms with van der Waals surface area (Å²) in [5.74, 6) is -3.19. The van der Waals surface area contributed by atoms with Gasteiger partial charge in [-0.25, -0.2) is 13.5 Å². The van der Waals surface area contributed by atoms with Crippen molar-refractivity contribution in [3.05, 3.63) is 85.2 Å². The van der Waals surface area contributed by atoms with Crippen LogP contribution in [0.5, 0.6) is 11.5 Å². The van der Waals surface area contributed by atoms with E-state index >= 15 is 4.39 Å². The highest BCUT2D eigenvalue weighted by Crippen LogP contribution is 2.48. The van der Waals surface area contributed by atoms with Crippen LogP contribution in [-0.2, 0) is 65.9 Å². The predicted octanol–water partition coefficient (Wildman–Crippen LogP) is 3.52. The Kier molecular flexibility index (Phi) is 19.4. The van der Waals surface area contributed by atoms with E-state index < -0.39 is 149 Å². The third kappa shape index (κ3) is 14.9. The third-order valence-electron chi connectivity index (χ3n) is 10.9. The number of allylic oxidation sites excluding steroid dienone is 2. The lowest BCUT2D eigenvalue weighted by atomic mass is 9.95. The maximum absolute atomic E-state index is 15.5. The number of amides is 2. The third-order valence-corrected chi connectivity index (χ3v) is 14.2. The fraction of sp³-hybridized carbons (Fsp3) is 0.522. The molecule has 0 spiro atoms. The van der Waals surface area contributed by atoms with E-state index in [1.807, 2.05) is 0 Å². The number of alkyl halides is 1. The van der Waals surface area contributed by atoms with Crippen LogP contribution in [0.25, 0.3) is 0 Å². The van der Waals surface area contributed by atoms with Crippen LogP contribution in [0.1, 0.15) is 68.2 Å². The number of aliphatic hydroxyl groups excluding tert-OH is 2. The van der Waals surface area contributed by atoms with Crippen LogP contribution in [0.4, 0.5) is 4.39 Å². The molecule has 4 heterocycles. The summed E-state index contributed by atoms with van der Waals surface area (Å²) in [6.07, 6.45) is -5.97. The highest BCUT2D eigenvalue weighted by atomic mass is 31.2. The van der Waals surface area contributed by atoms with Crippen molar-refractivity contribution in [1.82, 2.24) is 20.0 Å². The fourth-order valence-electron chi connectivity index (χ4n) is 7.25. The molecule has 72 heavy (non-hydrogen) atoms. The topological polar surface area (TPSA) is 302 Å². The monoisotopic (exact) mass is 1050 g/mol. The van der Waals surface area contributed by atoms with Gasteiger partial charge in [-0.15, -0.1) is 0 Å². The Morgan fingerprint density at radius 3 is 1.44 bits per heavy atom. The van der Waals surface area contributed by atoms with Crippen LogP contribution in [0.15, 0.2) is 85.2 Å². The number of nitrogens with zero attached hydrogens (tertiary/aromatic N) is 2. The van der Waals surface area contributed by atoms with Crippen molar-refractivity contribution in [3.8, 4) is 11.5 Å². The first-order chi connectivity index (χ1) is 33.6. The number of halogens is 1. The van der Waals surface area contributed by atoms with E-state index in [1.54, 1.807) is 64.1 Å². The van der Waals surface area contributed by atoms with Crippen LogP contribution in [0.2, 0.25) is 0 Å². The van der Waals surface area contributed by atoms with Crippen LogP contribution < -0.4 is 19.2 Å². The highest BCUT2D eigenvalue weighted by Gasteiger charge is 2.58. The fourth-order valence-corrected chi connectivity index (χ4v) is 10.3. The van der Waals surface area contributed by atoms with Crippen LogP contribution >= 0.6 is 15.5 Å². The van der Waals surface area contributed by atoms with Gasteiger partial charge < -0.3 is 43.3 Å². The van der Waals surface area contributed by atoms with Gasteiger partial charge in [0.25, 0.3) is 0 Å². The molecule has 4 aliphatic heterocycles. The van der Waals surface area contributed by atoms with Crippen molar-refractivity contribution in [1.29, 1.82) is 0 Å². The SMILES string of the molecule is CC(C)OC(=O)[C@H](C)N[P@](=O)(OC[C@H]1O[C@@H](N2C=CC(=O)CC2=O)[C@@](C)(O)[C@@H]1O)Oc1ccccc1.CC(C)OC(=O)[C@H](C)N[P@](=O)(OC[C@H]1O[C@@H](N2C=CC(=O)CC2=O)[C@](C)(F)[C@@H]1O)Oc1ccccc1. The van der Waals surface area contributed by atoms with Crippen molar-refractivity contribution < 1.29 is 94.6 Å². The molecule has 2 fully saturated rings. The van der Waals surface area contributed by atoms with E-state index in [0.717, 1.165) is 29.0 Å². The number of ether oxygens (including phenoxy) is 4. The summed E-state index contributed by atoms with van der Waals surface area (Å²) in [6.45, 7) is 10.6. The Bertz CT molecular complexity index is 2260. The average molecular weight is 1050 g/mol. The standard InChI is InChI=1S/C23H30FN2O9P.C23H31N2O10P/c1-14(2)33-21(30)15(3)25-36(31,35-17-8-6-5-7-9-17)32-13-18-20(29)23(4,24)22(34-18)26-11-10-16(27)12-19(26)28;1-14(2)33-21(29)15(3)24-36(31,35-17-8-6-5-7-9-17)32-13-18-20(28)23(4,30)22(34-18)25-11-10-16(26)12-19(25)27/h5-11,14-15,18,20,22,29H,12-13H2,1-4H3,(H,25,31);5-11,14-15,18,20,22,28,30H,12-13H2,1-4H3,(H,24,31)/t15-,18+,20+,22+,23+,36-;15-,18+,20+,22+,23-,36-/m00/s1. The summed E-state index contributed by atoms with van der Waals surface area (Å²) < 4.78 is 86.2. The smallest absolute Gasteiger partial charge is 0.459 e. The van der Waals surface area contributed by atoms with Crippen LogP contribution in [-0.4, -0.2) is 146 Å². The normalized spacial score (nSPS) is 28.8. The van der Waals surface area contributed by atoms with Crippen molar-refractivity contribution >= 4 is 50.8 Å². The number of nitrogens with one attached hydrogen (secondary N) is 2. The Hall–Kier alpha value is -5.23. The van der Waals surface area contributed by atoms with Crippen LogP contribution in [0.3, 0.4) is 0 Å².